The molecule has 0 amide bonds. The van der Waals surface area contributed by atoms with E-state index in [4.69, 9.17) is 5.11 Å². The van der Waals surface area contributed by atoms with Gasteiger partial charge >= 0.3 is 0 Å². The summed E-state index contributed by atoms with van der Waals surface area (Å²) in [6.45, 7) is 3.13. The van der Waals surface area contributed by atoms with E-state index in [0.717, 1.165) is 18.7 Å². The zero-order valence-electron chi connectivity index (χ0n) is 7.90. The Morgan fingerprint density at radius 2 is 2.38 bits per heavy atom. The van der Waals surface area contributed by atoms with Gasteiger partial charge in [-0.15, -0.1) is 0 Å². The van der Waals surface area contributed by atoms with Crippen LogP contribution in [0.2, 0.25) is 0 Å². The molecule has 0 aliphatic carbocycles. The van der Waals surface area contributed by atoms with Gasteiger partial charge in [-0.3, -0.25) is 4.98 Å². The number of pyridine rings is 1. The van der Waals surface area contributed by atoms with E-state index in [-0.39, 0.29) is 12.6 Å². The van der Waals surface area contributed by atoms with Gasteiger partial charge in [0.15, 0.2) is 0 Å². The number of aliphatic hydroxyl groups excluding tert-OH is 1. The summed E-state index contributed by atoms with van der Waals surface area (Å²) in [6, 6.07) is 6.14. The third kappa shape index (κ3) is 3.53. The molecule has 1 aromatic heterocycles. The van der Waals surface area contributed by atoms with Crippen LogP contribution in [0.1, 0.15) is 25.1 Å². The summed E-state index contributed by atoms with van der Waals surface area (Å²) in [5.74, 6) is 0. The third-order valence-electron chi connectivity index (χ3n) is 1.92. The number of rotatable bonds is 5. The largest absolute Gasteiger partial charge is 0.396 e. The molecule has 0 aliphatic rings. The molecule has 1 aromatic rings. The first-order valence-electron chi connectivity index (χ1n) is 4.59. The first kappa shape index (κ1) is 10.2. The van der Waals surface area contributed by atoms with Crippen LogP contribution >= 0.6 is 0 Å². The van der Waals surface area contributed by atoms with E-state index < -0.39 is 0 Å². The van der Waals surface area contributed by atoms with Crippen LogP contribution in [-0.4, -0.2) is 23.2 Å². The van der Waals surface area contributed by atoms with E-state index in [1.165, 1.54) is 0 Å². The van der Waals surface area contributed by atoms with Crippen molar-refractivity contribution in [2.24, 2.45) is 0 Å². The highest BCUT2D eigenvalue weighted by Crippen LogP contribution is 2.06. The zero-order valence-corrected chi connectivity index (χ0v) is 7.90. The van der Waals surface area contributed by atoms with Gasteiger partial charge in [0.05, 0.1) is 5.69 Å². The molecule has 72 valence electrons. The molecule has 0 aromatic carbocycles. The summed E-state index contributed by atoms with van der Waals surface area (Å²) in [5.41, 5.74) is 1.04. The lowest BCUT2D eigenvalue weighted by atomic mass is 10.2. The SMILES string of the molecule is C[C@H](NCCCO)c1ccccn1. The Kier molecular flexibility index (Phi) is 4.43. The predicted octanol–water partition coefficient (Wildman–Crippen LogP) is 1.11. The molecule has 0 spiro atoms. The van der Waals surface area contributed by atoms with Crippen molar-refractivity contribution in [1.82, 2.24) is 10.3 Å². The van der Waals surface area contributed by atoms with Gasteiger partial charge in [-0.05, 0) is 32.0 Å². The Morgan fingerprint density at radius 1 is 1.54 bits per heavy atom. The second-order valence-electron chi connectivity index (χ2n) is 3.01. The number of nitrogens with zero attached hydrogens (tertiary/aromatic N) is 1. The Bertz CT molecular complexity index is 226. The fraction of sp³-hybridized carbons (Fsp3) is 0.500. The number of hydrogen-bond acceptors (Lipinski definition) is 3. The molecular formula is C10H16N2O. The van der Waals surface area contributed by atoms with Gasteiger partial charge in [0.1, 0.15) is 0 Å². The van der Waals surface area contributed by atoms with E-state index in [0.29, 0.717) is 0 Å². The topological polar surface area (TPSA) is 45.1 Å². The molecule has 0 aliphatic heterocycles. The van der Waals surface area contributed by atoms with Gasteiger partial charge in [-0.2, -0.15) is 0 Å². The lowest BCUT2D eigenvalue weighted by Gasteiger charge is -2.11. The van der Waals surface area contributed by atoms with Crippen LogP contribution in [0.3, 0.4) is 0 Å². The number of aromatic nitrogens is 1. The molecule has 0 saturated heterocycles. The Balaban J connectivity index is 2.35. The van der Waals surface area contributed by atoms with Crippen molar-refractivity contribution < 1.29 is 5.11 Å². The molecule has 2 N–H and O–H groups in total. The van der Waals surface area contributed by atoms with E-state index in [2.05, 4.69) is 17.2 Å². The summed E-state index contributed by atoms with van der Waals surface area (Å²) in [6.07, 6.45) is 2.58. The minimum atomic E-state index is 0.238. The standard InChI is InChI=1S/C10H16N2O/c1-9(11-7-4-8-13)10-5-2-3-6-12-10/h2-3,5-6,9,11,13H,4,7-8H2,1H3/t9-/m0/s1. The number of aliphatic hydroxyl groups is 1. The number of hydrogen-bond donors (Lipinski definition) is 2. The zero-order chi connectivity index (χ0) is 9.52. The molecule has 0 fully saturated rings. The lowest BCUT2D eigenvalue weighted by Crippen LogP contribution is -2.21. The van der Waals surface area contributed by atoms with Gasteiger partial charge in [-0.1, -0.05) is 6.07 Å². The summed E-state index contributed by atoms with van der Waals surface area (Å²) in [4.78, 5) is 4.23. The van der Waals surface area contributed by atoms with Gasteiger partial charge in [0.2, 0.25) is 0 Å². The van der Waals surface area contributed by atoms with Crippen LogP contribution in [-0.2, 0) is 0 Å². The van der Waals surface area contributed by atoms with E-state index in [9.17, 15) is 0 Å². The van der Waals surface area contributed by atoms with Crippen molar-refractivity contribution in [2.75, 3.05) is 13.2 Å². The van der Waals surface area contributed by atoms with Crippen LogP contribution in [0.5, 0.6) is 0 Å². The molecule has 3 heteroatoms. The van der Waals surface area contributed by atoms with E-state index in [1.54, 1.807) is 6.20 Å². The molecule has 13 heavy (non-hydrogen) atoms. The maximum atomic E-state index is 8.59. The Labute approximate surface area is 78.8 Å². The van der Waals surface area contributed by atoms with Gasteiger partial charge in [-0.25, -0.2) is 0 Å². The van der Waals surface area contributed by atoms with Crippen LogP contribution in [0.25, 0.3) is 0 Å². The average molecular weight is 180 g/mol. The molecule has 0 bridgehead atoms. The Hall–Kier alpha value is -0.930. The first-order chi connectivity index (χ1) is 6.34. The van der Waals surface area contributed by atoms with Crippen LogP contribution in [0.4, 0.5) is 0 Å². The maximum Gasteiger partial charge on any atom is 0.0570 e. The molecule has 0 unspecified atom stereocenters. The van der Waals surface area contributed by atoms with Crippen LogP contribution in [0.15, 0.2) is 24.4 Å². The van der Waals surface area contributed by atoms with Gasteiger partial charge < -0.3 is 10.4 Å². The Morgan fingerprint density at radius 3 is 3.00 bits per heavy atom. The molecule has 1 rings (SSSR count). The fourth-order valence-electron chi connectivity index (χ4n) is 1.13. The molecular weight excluding hydrogens is 164 g/mol. The molecule has 1 heterocycles. The second kappa shape index (κ2) is 5.67. The van der Waals surface area contributed by atoms with E-state index >= 15 is 0 Å². The summed E-state index contributed by atoms with van der Waals surface area (Å²) in [7, 11) is 0. The summed E-state index contributed by atoms with van der Waals surface area (Å²) >= 11 is 0. The summed E-state index contributed by atoms with van der Waals surface area (Å²) < 4.78 is 0. The highest BCUT2D eigenvalue weighted by Gasteiger charge is 2.03. The highest BCUT2D eigenvalue weighted by atomic mass is 16.3. The average Bonchev–Trinajstić information content (AvgIpc) is 2.19. The minimum Gasteiger partial charge on any atom is -0.396 e. The highest BCUT2D eigenvalue weighted by molar-refractivity contribution is 5.07. The van der Waals surface area contributed by atoms with Crippen molar-refractivity contribution in [3.63, 3.8) is 0 Å². The van der Waals surface area contributed by atoms with Crippen molar-refractivity contribution in [1.29, 1.82) is 0 Å². The fourth-order valence-corrected chi connectivity index (χ4v) is 1.13. The molecule has 3 nitrogen and oxygen atoms in total. The van der Waals surface area contributed by atoms with Crippen LogP contribution in [0, 0.1) is 0 Å². The van der Waals surface area contributed by atoms with E-state index in [1.807, 2.05) is 18.2 Å². The van der Waals surface area contributed by atoms with Crippen molar-refractivity contribution in [2.45, 2.75) is 19.4 Å². The maximum absolute atomic E-state index is 8.59. The smallest absolute Gasteiger partial charge is 0.0570 e. The predicted molar refractivity (Wildman–Crippen MR) is 52.4 cm³/mol. The van der Waals surface area contributed by atoms with Crippen molar-refractivity contribution in [3.8, 4) is 0 Å². The molecule has 0 saturated carbocycles. The van der Waals surface area contributed by atoms with Crippen molar-refractivity contribution in [3.05, 3.63) is 30.1 Å². The third-order valence-corrected chi connectivity index (χ3v) is 1.92. The quantitative estimate of drug-likeness (QED) is 0.667. The van der Waals surface area contributed by atoms with Gasteiger partial charge in [0, 0.05) is 18.8 Å². The minimum absolute atomic E-state index is 0.238. The molecule has 1 atom stereocenters. The lowest BCUT2D eigenvalue weighted by molar-refractivity contribution is 0.283. The summed E-state index contributed by atoms with van der Waals surface area (Å²) in [5, 5.41) is 11.9. The second-order valence-corrected chi connectivity index (χ2v) is 3.01. The first-order valence-corrected chi connectivity index (χ1v) is 4.59. The monoisotopic (exact) mass is 180 g/mol. The van der Waals surface area contributed by atoms with Crippen molar-refractivity contribution >= 4 is 0 Å². The van der Waals surface area contributed by atoms with Gasteiger partial charge in [0.25, 0.3) is 0 Å². The van der Waals surface area contributed by atoms with Crippen LogP contribution < -0.4 is 5.32 Å². The normalized spacial score (nSPS) is 12.8. The molecule has 0 radical (unpaired) electrons. The number of nitrogens with one attached hydrogen (secondary N) is 1.